The Kier molecular flexibility index (Phi) is 5.97. The van der Waals surface area contributed by atoms with Gasteiger partial charge in [0.05, 0.1) is 10.5 Å². The van der Waals surface area contributed by atoms with E-state index in [4.69, 9.17) is 0 Å². The SMILES string of the molecule is CCCC1SCCC1S(=O)(=O)C1CCSC1CCC. The Morgan fingerprint density at radius 1 is 0.895 bits per heavy atom. The molecule has 2 saturated heterocycles. The van der Waals surface area contributed by atoms with E-state index in [-0.39, 0.29) is 10.5 Å². The van der Waals surface area contributed by atoms with E-state index in [1.165, 1.54) is 0 Å². The summed E-state index contributed by atoms with van der Waals surface area (Å²) in [5.41, 5.74) is 0. The molecular formula is C14H26O2S3. The lowest BCUT2D eigenvalue weighted by molar-refractivity contribution is 0.544. The Bertz CT molecular complexity index is 350. The van der Waals surface area contributed by atoms with Crippen LogP contribution in [-0.4, -0.2) is 40.9 Å². The lowest BCUT2D eigenvalue weighted by Crippen LogP contribution is -2.39. The maximum atomic E-state index is 13.0. The summed E-state index contributed by atoms with van der Waals surface area (Å²) in [6.45, 7) is 4.32. The molecule has 112 valence electrons. The zero-order valence-corrected chi connectivity index (χ0v) is 14.5. The molecule has 0 radical (unpaired) electrons. The van der Waals surface area contributed by atoms with Crippen molar-refractivity contribution >= 4 is 33.4 Å². The predicted octanol–water partition coefficient (Wildman–Crippen LogP) is 3.75. The van der Waals surface area contributed by atoms with E-state index in [1.54, 1.807) is 0 Å². The standard InChI is InChI=1S/C14H26O2S3/c1-3-5-11-13(7-9-17-11)19(15,16)14-8-10-18-12(14)6-4-2/h11-14H,3-10H2,1-2H3. The van der Waals surface area contributed by atoms with Gasteiger partial charge in [-0.15, -0.1) is 0 Å². The van der Waals surface area contributed by atoms with Crippen LogP contribution in [-0.2, 0) is 9.84 Å². The van der Waals surface area contributed by atoms with Crippen LogP contribution in [0.25, 0.3) is 0 Å². The van der Waals surface area contributed by atoms with Crippen LogP contribution in [0.1, 0.15) is 52.4 Å². The highest BCUT2D eigenvalue weighted by Crippen LogP contribution is 2.42. The molecule has 2 aliphatic rings. The van der Waals surface area contributed by atoms with Gasteiger partial charge in [0.1, 0.15) is 0 Å². The topological polar surface area (TPSA) is 34.1 Å². The van der Waals surface area contributed by atoms with Gasteiger partial charge < -0.3 is 0 Å². The summed E-state index contributed by atoms with van der Waals surface area (Å²) in [6, 6.07) is 0. The third-order valence-corrected chi connectivity index (χ3v) is 10.4. The molecule has 0 amide bonds. The monoisotopic (exact) mass is 322 g/mol. The number of hydrogen-bond donors (Lipinski definition) is 0. The minimum Gasteiger partial charge on any atom is -0.228 e. The second kappa shape index (κ2) is 7.08. The number of sulfone groups is 1. The predicted molar refractivity (Wildman–Crippen MR) is 88.0 cm³/mol. The molecule has 2 aliphatic heterocycles. The molecule has 4 atom stereocenters. The first-order valence-corrected chi connectivity index (χ1v) is 11.3. The minimum absolute atomic E-state index is 0.0551. The lowest BCUT2D eigenvalue weighted by Gasteiger charge is -2.25. The van der Waals surface area contributed by atoms with Gasteiger partial charge in [0.25, 0.3) is 0 Å². The lowest BCUT2D eigenvalue weighted by atomic mass is 10.1. The molecule has 5 heteroatoms. The van der Waals surface area contributed by atoms with Crippen LogP contribution < -0.4 is 0 Å². The molecule has 0 aromatic rings. The summed E-state index contributed by atoms with van der Waals surface area (Å²) in [5.74, 6) is 2.07. The summed E-state index contributed by atoms with van der Waals surface area (Å²) in [6.07, 6.45) is 6.10. The summed E-state index contributed by atoms with van der Waals surface area (Å²) in [7, 11) is -2.92. The largest absolute Gasteiger partial charge is 0.228 e. The first-order valence-electron chi connectivity index (χ1n) is 7.57. The van der Waals surface area contributed by atoms with Crippen molar-refractivity contribution in [2.45, 2.75) is 73.4 Å². The zero-order chi connectivity index (χ0) is 13.9. The quantitative estimate of drug-likeness (QED) is 0.746. The summed E-state index contributed by atoms with van der Waals surface area (Å²) in [4.78, 5) is 0. The Balaban J connectivity index is 2.12. The van der Waals surface area contributed by atoms with E-state index in [0.29, 0.717) is 10.5 Å². The van der Waals surface area contributed by atoms with Gasteiger partial charge in [-0.2, -0.15) is 23.5 Å². The molecule has 0 N–H and O–H groups in total. The maximum Gasteiger partial charge on any atom is 0.158 e. The highest BCUT2D eigenvalue weighted by atomic mass is 32.2. The van der Waals surface area contributed by atoms with E-state index in [1.807, 2.05) is 23.5 Å². The van der Waals surface area contributed by atoms with Gasteiger partial charge in [-0.3, -0.25) is 0 Å². The van der Waals surface area contributed by atoms with Crippen LogP contribution in [0, 0.1) is 0 Å². The molecule has 0 bridgehead atoms. The highest BCUT2D eigenvalue weighted by molar-refractivity contribution is 8.04. The van der Waals surface area contributed by atoms with Crippen molar-refractivity contribution in [1.29, 1.82) is 0 Å². The molecular weight excluding hydrogens is 296 g/mol. The molecule has 0 aromatic heterocycles. The molecule has 2 rings (SSSR count). The average molecular weight is 323 g/mol. The summed E-state index contributed by atoms with van der Waals surface area (Å²) >= 11 is 3.78. The first-order chi connectivity index (χ1) is 9.11. The van der Waals surface area contributed by atoms with Crippen molar-refractivity contribution in [3.63, 3.8) is 0 Å². The Labute approximate surface area is 126 Å². The van der Waals surface area contributed by atoms with Gasteiger partial charge in [-0.05, 0) is 37.2 Å². The zero-order valence-electron chi connectivity index (χ0n) is 12.0. The van der Waals surface area contributed by atoms with Gasteiger partial charge in [-0.1, -0.05) is 26.7 Å². The molecule has 0 aliphatic carbocycles. The normalized spacial score (nSPS) is 35.9. The number of rotatable bonds is 6. The summed E-state index contributed by atoms with van der Waals surface area (Å²) in [5, 5.41) is 0.617. The maximum absolute atomic E-state index is 13.0. The van der Waals surface area contributed by atoms with Crippen LogP contribution in [0.3, 0.4) is 0 Å². The molecule has 0 aromatic carbocycles. The van der Waals surface area contributed by atoms with E-state index in [2.05, 4.69) is 13.8 Å². The fourth-order valence-electron chi connectivity index (χ4n) is 3.34. The van der Waals surface area contributed by atoms with E-state index in [0.717, 1.165) is 50.0 Å². The van der Waals surface area contributed by atoms with Crippen molar-refractivity contribution in [1.82, 2.24) is 0 Å². The summed E-state index contributed by atoms with van der Waals surface area (Å²) < 4.78 is 26.0. The molecule has 2 heterocycles. The Hall–Kier alpha value is 0.650. The van der Waals surface area contributed by atoms with E-state index < -0.39 is 9.84 Å². The van der Waals surface area contributed by atoms with E-state index >= 15 is 0 Å². The van der Waals surface area contributed by atoms with Gasteiger partial charge in [0, 0.05) is 10.5 Å². The van der Waals surface area contributed by atoms with Gasteiger partial charge in [0.15, 0.2) is 9.84 Å². The van der Waals surface area contributed by atoms with E-state index in [9.17, 15) is 8.42 Å². The van der Waals surface area contributed by atoms with Gasteiger partial charge in [0.2, 0.25) is 0 Å². The Morgan fingerprint density at radius 2 is 1.32 bits per heavy atom. The first kappa shape index (κ1) is 16.0. The molecule has 0 spiro atoms. The van der Waals surface area contributed by atoms with Gasteiger partial charge in [-0.25, -0.2) is 8.42 Å². The smallest absolute Gasteiger partial charge is 0.158 e. The second-order valence-electron chi connectivity index (χ2n) is 5.64. The van der Waals surface area contributed by atoms with Crippen molar-refractivity contribution in [3.05, 3.63) is 0 Å². The molecule has 19 heavy (non-hydrogen) atoms. The molecule has 4 unspecified atom stereocenters. The van der Waals surface area contributed by atoms with Crippen LogP contribution in [0.15, 0.2) is 0 Å². The van der Waals surface area contributed by atoms with Crippen LogP contribution in [0.4, 0.5) is 0 Å². The van der Waals surface area contributed by atoms with Crippen LogP contribution >= 0.6 is 23.5 Å². The minimum atomic E-state index is -2.92. The Morgan fingerprint density at radius 3 is 1.68 bits per heavy atom. The highest BCUT2D eigenvalue weighted by Gasteiger charge is 2.46. The average Bonchev–Trinajstić information content (AvgIpc) is 2.99. The third-order valence-electron chi connectivity index (χ3n) is 4.29. The van der Waals surface area contributed by atoms with Crippen LogP contribution in [0.2, 0.25) is 0 Å². The molecule has 2 fully saturated rings. The number of hydrogen-bond acceptors (Lipinski definition) is 4. The number of thioether (sulfide) groups is 2. The van der Waals surface area contributed by atoms with Crippen molar-refractivity contribution in [3.8, 4) is 0 Å². The van der Waals surface area contributed by atoms with Gasteiger partial charge >= 0.3 is 0 Å². The molecule has 0 saturated carbocycles. The molecule has 2 nitrogen and oxygen atoms in total. The van der Waals surface area contributed by atoms with Crippen molar-refractivity contribution in [2.75, 3.05) is 11.5 Å². The fourth-order valence-corrected chi connectivity index (χ4v) is 10.4. The fraction of sp³-hybridized carbons (Fsp3) is 1.00. The van der Waals surface area contributed by atoms with Crippen molar-refractivity contribution < 1.29 is 8.42 Å². The second-order valence-corrected chi connectivity index (χ2v) is 10.7. The van der Waals surface area contributed by atoms with Crippen LogP contribution in [0.5, 0.6) is 0 Å². The third kappa shape index (κ3) is 3.46. The van der Waals surface area contributed by atoms with Crippen molar-refractivity contribution in [2.24, 2.45) is 0 Å².